The van der Waals surface area contributed by atoms with Crippen LogP contribution in [0.3, 0.4) is 0 Å². The fraction of sp³-hybridized carbons (Fsp3) is 0.929. The predicted octanol–water partition coefficient (Wildman–Crippen LogP) is 2.06. The Morgan fingerprint density at radius 1 is 1.47 bits per heavy atom. The largest absolute Gasteiger partial charge is 0.444 e. The molecule has 5 nitrogen and oxygen atoms in total. The molecule has 1 rings (SSSR count). The van der Waals surface area contributed by atoms with Crippen molar-refractivity contribution in [2.24, 2.45) is 0 Å². The maximum Gasteiger partial charge on any atom is 0.407 e. The van der Waals surface area contributed by atoms with E-state index in [1.165, 1.54) is 0 Å². The molecule has 0 aromatic heterocycles. The molecule has 0 spiro atoms. The maximum atomic E-state index is 11.6. The summed E-state index contributed by atoms with van der Waals surface area (Å²) >= 11 is 0. The van der Waals surface area contributed by atoms with E-state index in [0.29, 0.717) is 12.6 Å². The van der Waals surface area contributed by atoms with Crippen molar-refractivity contribution in [2.75, 3.05) is 19.8 Å². The summed E-state index contributed by atoms with van der Waals surface area (Å²) in [5.41, 5.74) is -0.448. The van der Waals surface area contributed by atoms with Crippen molar-refractivity contribution in [3.05, 3.63) is 0 Å². The van der Waals surface area contributed by atoms with Gasteiger partial charge >= 0.3 is 6.09 Å². The summed E-state index contributed by atoms with van der Waals surface area (Å²) in [6, 6.07) is 0.665. The minimum absolute atomic E-state index is 0.263. The number of ether oxygens (including phenoxy) is 2. The third kappa shape index (κ3) is 7.38. The lowest BCUT2D eigenvalue weighted by Crippen LogP contribution is -2.48. The number of alkyl carbamates (subject to hydrolysis) is 1. The monoisotopic (exact) mass is 272 g/mol. The van der Waals surface area contributed by atoms with Crippen LogP contribution in [0.5, 0.6) is 0 Å². The number of hydrogen-bond donors (Lipinski definition) is 2. The first-order chi connectivity index (χ1) is 8.90. The molecule has 2 N–H and O–H groups in total. The van der Waals surface area contributed by atoms with Crippen LogP contribution in [0.2, 0.25) is 0 Å². The van der Waals surface area contributed by atoms with Crippen molar-refractivity contribution in [1.82, 2.24) is 10.6 Å². The van der Waals surface area contributed by atoms with Gasteiger partial charge in [0.05, 0.1) is 6.61 Å². The number of carbonyl (C=O) groups is 1. The van der Waals surface area contributed by atoms with E-state index in [1.807, 2.05) is 20.8 Å². The van der Waals surface area contributed by atoms with Crippen molar-refractivity contribution < 1.29 is 14.3 Å². The van der Waals surface area contributed by atoms with Gasteiger partial charge in [0.25, 0.3) is 0 Å². The number of carbonyl (C=O) groups excluding carboxylic acids is 1. The second-order valence-corrected chi connectivity index (χ2v) is 6.07. The summed E-state index contributed by atoms with van der Waals surface area (Å²) < 4.78 is 10.7. The molecule has 1 aliphatic heterocycles. The highest BCUT2D eigenvalue weighted by atomic mass is 16.6. The van der Waals surface area contributed by atoms with E-state index in [2.05, 4.69) is 17.6 Å². The fourth-order valence-corrected chi connectivity index (χ4v) is 2.05. The van der Waals surface area contributed by atoms with Crippen LogP contribution in [0.1, 0.15) is 47.0 Å². The second-order valence-electron chi connectivity index (χ2n) is 6.07. The van der Waals surface area contributed by atoms with E-state index in [9.17, 15) is 4.79 Å². The first-order valence-electron chi connectivity index (χ1n) is 7.21. The first-order valence-corrected chi connectivity index (χ1v) is 7.21. The quantitative estimate of drug-likeness (QED) is 0.804. The van der Waals surface area contributed by atoms with Crippen LogP contribution in [0, 0.1) is 0 Å². The van der Waals surface area contributed by atoms with Crippen LogP contribution >= 0.6 is 0 Å². The SMILES string of the molecule is CCC(CNC(=O)OC(C)(C)C)NC1CCCOC1. The minimum Gasteiger partial charge on any atom is -0.444 e. The molecule has 0 aromatic carbocycles. The van der Waals surface area contributed by atoms with Gasteiger partial charge in [0.1, 0.15) is 5.60 Å². The van der Waals surface area contributed by atoms with Gasteiger partial charge in [0.15, 0.2) is 0 Å². The van der Waals surface area contributed by atoms with Gasteiger partial charge in [-0.15, -0.1) is 0 Å². The Morgan fingerprint density at radius 3 is 2.74 bits per heavy atom. The Morgan fingerprint density at radius 2 is 2.21 bits per heavy atom. The Bertz CT molecular complexity index is 270. The zero-order chi connectivity index (χ0) is 14.3. The highest BCUT2D eigenvalue weighted by Gasteiger charge is 2.19. The van der Waals surface area contributed by atoms with Gasteiger partial charge in [-0.2, -0.15) is 0 Å². The second kappa shape index (κ2) is 7.70. The summed E-state index contributed by atoms with van der Waals surface area (Å²) in [6.45, 7) is 9.92. The summed E-state index contributed by atoms with van der Waals surface area (Å²) in [6.07, 6.45) is 2.86. The van der Waals surface area contributed by atoms with Gasteiger partial charge in [0.2, 0.25) is 0 Å². The lowest BCUT2D eigenvalue weighted by molar-refractivity contribution is 0.0507. The Balaban J connectivity index is 2.25. The van der Waals surface area contributed by atoms with E-state index in [1.54, 1.807) is 0 Å². The van der Waals surface area contributed by atoms with Crippen LogP contribution in [0.4, 0.5) is 4.79 Å². The molecule has 0 saturated carbocycles. The van der Waals surface area contributed by atoms with E-state index < -0.39 is 5.60 Å². The molecule has 0 aliphatic carbocycles. The smallest absolute Gasteiger partial charge is 0.407 e. The highest BCUT2D eigenvalue weighted by molar-refractivity contribution is 5.67. The minimum atomic E-state index is -0.448. The first kappa shape index (κ1) is 16.2. The van der Waals surface area contributed by atoms with Crippen LogP contribution in [0.15, 0.2) is 0 Å². The van der Waals surface area contributed by atoms with Gasteiger partial charge in [-0.05, 0) is 40.0 Å². The molecule has 2 atom stereocenters. The van der Waals surface area contributed by atoms with Crippen LogP contribution in [0.25, 0.3) is 0 Å². The van der Waals surface area contributed by atoms with Crippen molar-refractivity contribution in [1.29, 1.82) is 0 Å². The highest BCUT2D eigenvalue weighted by Crippen LogP contribution is 2.08. The standard InChI is InChI=1S/C14H28N2O3/c1-5-11(16-12-7-6-8-18-10-12)9-15-13(17)19-14(2,3)4/h11-12,16H,5-10H2,1-4H3,(H,15,17). The fourth-order valence-electron chi connectivity index (χ4n) is 2.05. The van der Waals surface area contributed by atoms with Crippen LogP contribution in [-0.2, 0) is 9.47 Å². The van der Waals surface area contributed by atoms with Gasteiger partial charge in [0, 0.05) is 25.2 Å². The third-order valence-corrected chi connectivity index (χ3v) is 3.02. The molecule has 1 saturated heterocycles. The van der Waals surface area contributed by atoms with Crippen molar-refractivity contribution in [3.63, 3.8) is 0 Å². The molecule has 1 fully saturated rings. The molecule has 5 heteroatoms. The predicted molar refractivity (Wildman–Crippen MR) is 75.3 cm³/mol. The lowest BCUT2D eigenvalue weighted by Gasteiger charge is -2.28. The Kier molecular flexibility index (Phi) is 6.58. The molecule has 1 heterocycles. The van der Waals surface area contributed by atoms with Gasteiger partial charge in [-0.3, -0.25) is 0 Å². The van der Waals surface area contributed by atoms with E-state index in [-0.39, 0.29) is 12.1 Å². The average Bonchev–Trinajstić information content (AvgIpc) is 2.33. The summed E-state index contributed by atoms with van der Waals surface area (Å²) in [5, 5.41) is 6.34. The topological polar surface area (TPSA) is 59.6 Å². The molecule has 0 radical (unpaired) electrons. The Hall–Kier alpha value is -0.810. The molecule has 112 valence electrons. The van der Waals surface area contributed by atoms with Gasteiger partial charge in [-0.25, -0.2) is 4.79 Å². The summed E-state index contributed by atoms with van der Waals surface area (Å²) in [5.74, 6) is 0. The molecular formula is C14H28N2O3. The molecule has 0 aromatic rings. The van der Waals surface area contributed by atoms with Crippen molar-refractivity contribution in [3.8, 4) is 0 Å². The van der Waals surface area contributed by atoms with Gasteiger partial charge < -0.3 is 20.1 Å². The molecule has 1 aliphatic rings. The molecule has 0 bridgehead atoms. The summed E-state index contributed by atoms with van der Waals surface area (Å²) in [4.78, 5) is 11.6. The van der Waals surface area contributed by atoms with Crippen LogP contribution in [-0.4, -0.2) is 43.5 Å². The van der Waals surface area contributed by atoms with E-state index in [0.717, 1.165) is 32.5 Å². The lowest BCUT2D eigenvalue weighted by atomic mass is 10.1. The zero-order valence-corrected chi connectivity index (χ0v) is 12.6. The average molecular weight is 272 g/mol. The molecular weight excluding hydrogens is 244 g/mol. The normalized spacial score (nSPS) is 21.8. The third-order valence-electron chi connectivity index (χ3n) is 3.02. The van der Waals surface area contributed by atoms with E-state index in [4.69, 9.17) is 9.47 Å². The molecule has 1 amide bonds. The van der Waals surface area contributed by atoms with E-state index >= 15 is 0 Å². The number of amides is 1. The Labute approximate surface area is 116 Å². The molecule has 2 unspecified atom stereocenters. The van der Waals surface area contributed by atoms with Crippen LogP contribution < -0.4 is 10.6 Å². The van der Waals surface area contributed by atoms with Crippen molar-refractivity contribution in [2.45, 2.75) is 64.6 Å². The molecule has 19 heavy (non-hydrogen) atoms. The van der Waals surface area contributed by atoms with Gasteiger partial charge in [-0.1, -0.05) is 6.92 Å². The zero-order valence-electron chi connectivity index (χ0n) is 12.6. The van der Waals surface area contributed by atoms with Crippen molar-refractivity contribution >= 4 is 6.09 Å². The number of rotatable bonds is 5. The maximum absolute atomic E-state index is 11.6. The number of nitrogens with one attached hydrogen (secondary N) is 2. The number of hydrogen-bond acceptors (Lipinski definition) is 4. The summed E-state index contributed by atoms with van der Waals surface area (Å²) in [7, 11) is 0.